The van der Waals surface area contributed by atoms with Crippen LogP contribution in [0.5, 0.6) is 0 Å². The van der Waals surface area contributed by atoms with Crippen LogP contribution in [0.1, 0.15) is 27.7 Å². The number of hydrogen-bond acceptors (Lipinski definition) is 5. The van der Waals surface area contributed by atoms with Crippen LogP contribution in [-0.4, -0.2) is 37.6 Å². The van der Waals surface area contributed by atoms with Gasteiger partial charge in [0.25, 0.3) is 11.5 Å². The molecule has 3 aromatic heterocycles. The summed E-state index contributed by atoms with van der Waals surface area (Å²) in [6.45, 7) is 4.00. The Morgan fingerprint density at radius 2 is 2.10 bits per heavy atom. The third-order valence-electron chi connectivity index (χ3n) is 5.17. The zero-order valence-corrected chi connectivity index (χ0v) is 17.2. The van der Waals surface area contributed by atoms with Crippen LogP contribution >= 0.6 is 11.3 Å². The third kappa shape index (κ3) is 3.37. The lowest BCUT2D eigenvalue weighted by atomic mass is 10.0. The minimum absolute atomic E-state index is 0.135. The van der Waals surface area contributed by atoms with Crippen molar-refractivity contribution in [3.63, 3.8) is 0 Å². The second-order valence-corrected chi connectivity index (χ2v) is 8.00. The fraction of sp³-hybridized carbons (Fsp3) is 0.238. The van der Waals surface area contributed by atoms with E-state index in [9.17, 15) is 19.5 Å². The zero-order chi connectivity index (χ0) is 21.4. The molecule has 0 saturated heterocycles. The smallest absolute Gasteiger partial charge is 0.326 e. The fourth-order valence-corrected chi connectivity index (χ4v) is 4.59. The van der Waals surface area contributed by atoms with E-state index in [1.165, 1.54) is 10.9 Å². The maximum Gasteiger partial charge on any atom is 0.326 e. The van der Waals surface area contributed by atoms with Gasteiger partial charge in [0.15, 0.2) is 0 Å². The normalized spacial score (nSPS) is 12.3. The van der Waals surface area contributed by atoms with Crippen LogP contribution in [0.15, 0.2) is 41.6 Å². The van der Waals surface area contributed by atoms with Crippen LogP contribution in [-0.2, 0) is 17.8 Å². The van der Waals surface area contributed by atoms with Crippen LogP contribution in [0.3, 0.4) is 0 Å². The van der Waals surface area contributed by atoms with E-state index in [0.29, 0.717) is 27.2 Å². The Labute approximate surface area is 175 Å². The summed E-state index contributed by atoms with van der Waals surface area (Å²) in [6, 6.07) is 6.47. The first-order valence-corrected chi connectivity index (χ1v) is 10.3. The lowest BCUT2D eigenvalue weighted by Gasteiger charge is -2.14. The van der Waals surface area contributed by atoms with Crippen molar-refractivity contribution in [3.05, 3.63) is 63.1 Å². The molecule has 30 heavy (non-hydrogen) atoms. The van der Waals surface area contributed by atoms with E-state index in [2.05, 4.69) is 15.3 Å². The first kappa shape index (κ1) is 19.8. The molecule has 0 aliphatic rings. The molecule has 1 aromatic carbocycles. The number of carboxylic acid groups (broad SMARTS) is 1. The van der Waals surface area contributed by atoms with Gasteiger partial charge in [-0.25, -0.2) is 9.78 Å². The minimum atomic E-state index is -1.13. The number of benzene rings is 1. The standard InChI is InChI=1S/C21H20N4O4S/c1-3-25-10-23-19-16(20(25)27)11(2)17(30-19)18(26)24-15(21(28)29)8-12-9-22-14-7-5-4-6-13(12)14/h4-7,9-10,15,22H,3,8H2,1-2H3,(H,24,26)(H,28,29). The second kappa shape index (κ2) is 7.75. The number of H-pyrrole nitrogens is 1. The van der Waals surface area contributed by atoms with Gasteiger partial charge in [0.2, 0.25) is 0 Å². The molecule has 154 valence electrons. The molecule has 1 atom stereocenters. The lowest BCUT2D eigenvalue weighted by Crippen LogP contribution is -2.42. The monoisotopic (exact) mass is 424 g/mol. The van der Waals surface area contributed by atoms with Crippen LogP contribution < -0.4 is 10.9 Å². The molecule has 0 bridgehead atoms. The predicted octanol–water partition coefficient (Wildman–Crippen LogP) is 2.69. The number of rotatable bonds is 6. The van der Waals surface area contributed by atoms with Crippen molar-refractivity contribution in [1.82, 2.24) is 19.9 Å². The Morgan fingerprint density at radius 1 is 1.33 bits per heavy atom. The second-order valence-electron chi connectivity index (χ2n) is 7.00. The van der Waals surface area contributed by atoms with E-state index in [1.807, 2.05) is 31.2 Å². The molecule has 0 spiro atoms. The van der Waals surface area contributed by atoms with E-state index in [0.717, 1.165) is 27.8 Å². The van der Waals surface area contributed by atoms with E-state index >= 15 is 0 Å². The number of carbonyl (C=O) groups excluding carboxylic acids is 1. The molecule has 3 heterocycles. The summed E-state index contributed by atoms with van der Waals surface area (Å²) in [7, 11) is 0. The molecule has 3 N–H and O–H groups in total. The zero-order valence-electron chi connectivity index (χ0n) is 16.4. The highest BCUT2D eigenvalue weighted by molar-refractivity contribution is 7.20. The van der Waals surface area contributed by atoms with Crippen molar-refractivity contribution in [3.8, 4) is 0 Å². The van der Waals surface area contributed by atoms with E-state index in [-0.39, 0.29) is 12.0 Å². The average Bonchev–Trinajstić information content (AvgIpc) is 3.29. The van der Waals surface area contributed by atoms with E-state index in [4.69, 9.17) is 0 Å². The summed E-state index contributed by atoms with van der Waals surface area (Å²) in [5.74, 6) is -1.65. The number of aliphatic carboxylic acids is 1. The van der Waals surface area contributed by atoms with Crippen LogP contribution in [0, 0.1) is 6.92 Å². The van der Waals surface area contributed by atoms with E-state index < -0.39 is 17.9 Å². The number of nitrogens with one attached hydrogen (secondary N) is 2. The lowest BCUT2D eigenvalue weighted by molar-refractivity contribution is -0.139. The minimum Gasteiger partial charge on any atom is -0.480 e. The van der Waals surface area contributed by atoms with Gasteiger partial charge in [0, 0.05) is 30.1 Å². The molecular weight excluding hydrogens is 404 g/mol. The molecule has 1 unspecified atom stereocenters. The SMILES string of the molecule is CCn1cnc2sc(C(=O)NC(Cc3c[nH]c4ccccc34)C(=O)O)c(C)c2c1=O. The van der Waals surface area contributed by atoms with Gasteiger partial charge >= 0.3 is 5.97 Å². The first-order chi connectivity index (χ1) is 14.4. The third-order valence-corrected chi connectivity index (χ3v) is 6.37. The number of amides is 1. The van der Waals surface area contributed by atoms with Crippen LogP contribution in [0.2, 0.25) is 0 Å². The summed E-state index contributed by atoms with van der Waals surface area (Å²) in [4.78, 5) is 45.5. The average molecular weight is 424 g/mol. The van der Waals surface area contributed by atoms with Gasteiger partial charge in [-0.2, -0.15) is 0 Å². The Balaban J connectivity index is 1.64. The number of fused-ring (bicyclic) bond motifs is 2. The van der Waals surface area contributed by atoms with Crippen molar-refractivity contribution in [2.24, 2.45) is 0 Å². The van der Waals surface area contributed by atoms with E-state index in [1.54, 1.807) is 13.1 Å². The number of aromatic nitrogens is 3. The summed E-state index contributed by atoms with van der Waals surface area (Å²) in [6.07, 6.45) is 3.35. The molecule has 4 aromatic rings. The number of hydrogen-bond donors (Lipinski definition) is 3. The molecule has 8 nitrogen and oxygen atoms in total. The Hall–Kier alpha value is -3.46. The molecule has 0 aliphatic heterocycles. The van der Waals surface area contributed by atoms with Gasteiger partial charge in [-0.05, 0) is 31.0 Å². The number of thiophene rings is 1. The Morgan fingerprint density at radius 3 is 2.83 bits per heavy atom. The summed E-state index contributed by atoms with van der Waals surface area (Å²) >= 11 is 1.09. The fourth-order valence-electron chi connectivity index (χ4n) is 3.55. The molecule has 4 rings (SSSR count). The molecule has 0 fully saturated rings. The molecular formula is C21H20N4O4S. The van der Waals surface area contributed by atoms with Gasteiger partial charge in [0.05, 0.1) is 16.6 Å². The predicted molar refractivity (Wildman–Crippen MR) is 115 cm³/mol. The molecule has 0 saturated carbocycles. The molecule has 1 amide bonds. The van der Waals surface area contributed by atoms with Gasteiger partial charge in [-0.1, -0.05) is 18.2 Å². The topological polar surface area (TPSA) is 117 Å². The van der Waals surface area contributed by atoms with Gasteiger partial charge in [-0.15, -0.1) is 11.3 Å². The van der Waals surface area contributed by atoms with Gasteiger partial charge in [0.1, 0.15) is 10.9 Å². The quantitative estimate of drug-likeness (QED) is 0.440. The van der Waals surface area contributed by atoms with Crippen LogP contribution in [0.4, 0.5) is 0 Å². The highest BCUT2D eigenvalue weighted by Crippen LogP contribution is 2.27. The number of nitrogens with zero attached hydrogens (tertiary/aromatic N) is 2. The number of aromatic amines is 1. The highest BCUT2D eigenvalue weighted by Gasteiger charge is 2.26. The van der Waals surface area contributed by atoms with Gasteiger partial charge in [-0.3, -0.25) is 14.2 Å². The highest BCUT2D eigenvalue weighted by atomic mass is 32.1. The van der Waals surface area contributed by atoms with Crippen LogP contribution in [0.25, 0.3) is 21.1 Å². The number of para-hydroxylation sites is 1. The number of carbonyl (C=O) groups is 2. The maximum atomic E-state index is 12.9. The Kier molecular flexibility index (Phi) is 5.13. The number of aryl methyl sites for hydroxylation is 2. The molecule has 0 aliphatic carbocycles. The molecule has 0 radical (unpaired) electrons. The summed E-state index contributed by atoms with van der Waals surface area (Å²) < 4.78 is 1.47. The largest absolute Gasteiger partial charge is 0.480 e. The van der Waals surface area contributed by atoms with Crippen molar-refractivity contribution < 1.29 is 14.7 Å². The van der Waals surface area contributed by atoms with Crippen molar-refractivity contribution in [1.29, 1.82) is 0 Å². The first-order valence-electron chi connectivity index (χ1n) is 9.48. The Bertz CT molecular complexity index is 1330. The summed E-state index contributed by atoms with van der Waals surface area (Å²) in [5, 5.41) is 13.6. The van der Waals surface area contributed by atoms with Gasteiger partial charge < -0.3 is 15.4 Å². The van der Waals surface area contributed by atoms with Crippen molar-refractivity contribution >= 4 is 44.3 Å². The summed E-state index contributed by atoms with van der Waals surface area (Å²) in [5.41, 5.74) is 2.02. The number of carboxylic acids is 1. The van der Waals surface area contributed by atoms with Crippen molar-refractivity contribution in [2.75, 3.05) is 0 Å². The maximum absolute atomic E-state index is 12.9. The van der Waals surface area contributed by atoms with Crippen molar-refractivity contribution in [2.45, 2.75) is 32.9 Å². The molecule has 9 heteroatoms.